The van der Waals surface area contributed by atoms with Crippen LogP contribution in [0.15, 0.2) is 42.6 Å². The Labute approximate surface area is 179 Å². The van der Waals surface area contributed by atoms with E-state index in [1.165, 1.54) is 4.90 Å². The topological polar surface area (TPSA) is 100 Å². The van der Waals surface area contributed by atoms with Crippen LogP contribution in [-0.4, -0.2) is 52.4 Å². The fourth-order valence-electron chi connectivity index (χ4n) is 4.40. The third-order valence-electron chi connectivity index (χ3n) is 5.86. The number of nitrogens with one attached hydrogen (secondary N) is 2. The zero-order valence-corrected chi connectivity index (χ0v) is 16.6. The van der Waals surface area contributed by atoms with Gasteiger partial charge < -0.3 is 15.0 Å². The van der Waals surface area contributed by atoms with Gasteiger partial charge in [-0.25, -0.2) is 4.98 Å². The van der Waals surface area contributed by atoms with Crippen molar-refractivity contribution in [2.45, 2.75) is 30.5 Å². The number of carbonyl (C=O) groups excluding carboxylic acids is 2. The Balaban J connectivity index is 1.30. The van der Waals surface area contributed by atoms with E-state index in [0.29, 0.717) is 29.9 Å². The SMILES string of the molecule is O=C(CN1C(=O)C2(CC(Oc3ccc4[nH]ncc4n3)C2)c2ccccc21)NCC(F)(F)F. The summed E-state index contributed by atoms with van der Waals surface area (Å²) in [4.78, 5) is 31.0. The molecule has 1 aromatic carbocycles. The van der Waals surface area contributed by atoms with Crippen LogP contribution in [0.2, 0.25) is 0 Å². The summed E-state index contributed by atoms with van der Waals surface area (Å²) in [6.45, 7) is -1.91. The van der Waals surface area contributed by atoms with Crippen molar-refractivity contribution < 1.29 is 27.5 Å². The smallest absolute Gasteiger partial charge is 0.405 e. The minimum absolute atomic E-state index is 0.261. The zero-order chi connectivity index (χ0) is 22.5. The molecular formula is C21H18F3N5O3. The molecule has 2 amide bonds. The number of pyridine rings is 1. The van der Waals surface area contributed by atoms with Gasteiger partial charge in [0.1, 0.15) is 24.7 Å². The molecule has 11 heteroatoms. The number of anilines is 1. The first-order valence-corrected chi connectivity index (χ1v) is 9.97. The van der Waals surface area contributed by atoms with Crippen LogP contribution in [-0.2, 0) is 15.0 Å². The highest BCUT2D eigenvalue weighted by Gasteiger charge is 2.59. The third kappa shape index (κ3) is 3.43. The van der Waals surface area contributed by atoms with Gasteiger partial charge in [-0.05, 0) is 17.7 Å². The van der Waals surface area contributed by atoms with Gasteiger partial charge in [0.05, 0.1) is 17.1 Å². The van der Waals surface area contributed by atoms with E-state index in [4.69, 9.17) is 4.74 Å². The normalized spacial score (nSPS) is 22.2. The van der Waals surface area contributed by atoms with Crippen LogP contribution in [0.25, 0.3) is 11.0 Å². The van der Waals surface area contributed by atoms with Gasteiger partial charge in [0.25, 0.3) is 0 Å². The number of para-hydroxylation sites is 1. The molecule has 8 nitrogen and oxygen atoms in total. The summed E-state index contributed by atoms with van der Waals surface area (Å²) in [6, 6.07) is 10.5. The number of aromatic amines is 1. The highest BCUT2D eigenvalue weighted by Crippen LogP contribution is 2.54. The van der Waals surface area contributed by atoms with Crippen molar-refractivity contribution in [3.63, 3.8) is 0 Å². The predicted molar refractivity (Wildman–Crippen MR) is 107 cm³/mol. The van der Waals surface area contributed by atoms with Crippen molar-refractivity contribution in [3.8, 4) is 5.88 Å². The van der Waals surface area contributed by atoms with E-state index in [0.717, 1.165) is 11.1 Å². The van der Waals surface area contributed by atoms with Crippen LogP contribution < -0.4 is 15.0 Å². The Hall–Kier alpha value is -3.63. The number of nitrogens with zero attached hydrogens (tertiary/aromatic N) is 3. The van der Waals surface area contributed by atoms with Gasteiger partial charge in [0.15, 0.2) is 0 Å². The monoisotopic (exact) mass is 445 g/mol. The van der Waals surface area contributed by atoms with E-state index in [1.807, 2.05) is 11.4 Å². The number of fused-ring (bicyclic) bond motifs is 3. The first-order valence-electron chi connectivity index (χ1n) is 9.97. The second-order valence-corrected chi connectivity index (χ2v) is 7.98. The molecule has 1 aliphatic carbocycles. The molecule has 1 aliphatic heterocycles. The Bertz CT molecular complexity index is 1200. The molecule has 1 fully saturated rings. The lowest BCUT2D eigenvalue weighted by Gasteiger charge is -2.43. The quantitative estimate of drug-likeness (QED) is 0.629. The summed E-state index contributed by atoms with van der Waals surface area (Å²) in [5, 5.41) is 8.55. The molecule has 166 valence electrons. The minimum atomic E-state index is -4.52. The largest absolute Gasteiger partial charge is 0.474 e. The fourth-order valence-corrected chi connectivity index (χ4v) is 4.40. The van der Waals surface area contributed by atoms with Crippen LogP contribution >= 0.6 is 0 Å². The van der Waals surface area contributed by atoms with Gasteiger partial charge in [0.2, 0.25) is 17.7 Å². The van der Waals surface area contributed by atoms with E-state index in [2.05, 4.69) is 15.2 Å². The molecule has 2 aromatic heterocycles. The number of aromatic nitrogens is 3. The van der Waals surface area contributed by atoms with Gasteiger partial charge in [0, 0.05) is 24.6 Å². The van der Waals surface area contributed by atoms with Crippen molar-refractivity contribution in [3.05, 3.63) is 48.2 Å². The summed E-state index contributed by atoms with van der Waals surface area (Å²) in [6.07, 6.45) is -2.43. The summed E-state index contributed by atoms with van der Waals surface area (Å²) in [7, 11) is 0. The van der Waals surface area contributed by atoms with E-state index >= 15 is 0 Å². The van der Waals surface area contributed by atoms with Gasteiger partial charge in [-0.2, -0.15) is 18.3 Å². The Kier molecular flexibility index (Phi) is 4.57. The molecule has 5 rings (SSSR count). The molecule has 1 saturated carbocycles. The molecule has 1 spiro atoms. The molecular weight excluding hydrogens is 427 g/mol. The standard InChI is InChI=1S/C21H18F3N5O3/c22-21(23,24)11-25-17(30)10-29-16-4-2-1-3-13(16)20(19(29)31)7-12(8-20)32-18-6-5-14-15(27-18)9-26-28-14/h1-6,9,12H,7-8,10-11H2,(H,25,30)(H,26,28). The maximum absolute atomic E-state index is 13.3. The molecule has 2 aliphatic rings. The van der Waals surface area contributed by atoms with E-state index in [1.54, 1.807) is 36.5 Å². The minimum Gasteiger partial charge on any atom is -0.474 e. The van der Waals surface area contributed by atoms with E-state index in [9.17, 15) is 22.8 Å². The molecule has 3 heterocycles. The number of rotatable bonds is 5. The van der Waals surface area contributed by atoms with Crippen molar-refractivity contribution in [1.29, 1.82) is 0 Å². The molecule has 0 radical (unpaired) electrons. The van der Waals surface area contributed by atoms with Crippen LogP contribution in [0.4, 0.5) is 18.9 Å². The summed E-state index contributed by atoms with van der Waals surface area (Å²) in [5.74, 6) is -0.757. The Morgan fingerprint density at radius 1 is 1.25 bits per heavy atom. The number of halogens is 3. The predicted octanol–water partition coefficient (Wildman–Crippen LogP) is 2.46. The number of amides is 2. The Morgan fingerprint density at radius 3 is 2.81 bits per heavy atom. The molecule has 32 heavy (non-hydrogen) atoms. The molecule has 2 N–H and O–H groups in total. The average molecular weight is 445 g/mol. The van der Waals surface area contributed by atoms with E-state index in [-0.39, 0.29) is 12.0 Å². The lowest BCUT2D eigenvalue weighted by atomic mass is 9.63. The molecule has 0 atom stereocenters. The molecule has 3 aromatic rings. The van der Waals surface area contributed by atoms with Gasteiger partial charge in [-0.3, -0.25) is 14.7 Å². The zero-order valence-electron chi connectivity index (χ0n) is 16.6. The van der Waals surface area contributed by atoms with Crippen molar-refractivity contribution in [2.24, 2.45) is 0 Å². The highest BCUT2D eigenvalue weighted by atomic mass is 19.4. The second-order valence-electron chi connectivity index (χ2n) is 7.98. The van der Waals surface area contributed by atoms with Crippen LogP contribution in [0, 0.1) is 0 Å². The molecule has 0 saturated heterocycles. The number of hydrogen-bond acceptors (Lipinski definition) is 5. The number of hydrogen-bond donors (Lipinski definition) is 2. The summed E-state index contributed by atoms with van der Waals surface area (Å²) < 4.78 is 43.1. The number of carbonyl (C=O) groups is 2. The van der Waals surface area contributed by atoms with Gasteiger partial charge >= 0.3 is 6.18 Å². The van der Waals surface area contributed by atoms with Crippen LogP contribution in [0.1, 0.15) is 18.4 Å². The lowest BCUT2D eigenvalue weighted by Crippen LogP contribution is -2.55. The summed E-state index contributed by atoms with van der Waals surface area (Å²) >= 11 is 0. The van der Waals surface area contributed by atoms with Gasteiger partial charge in [-0.15, -0.1) is 0 Å². The van der Waals surface area contributed by atoms with Crippen molar-refractivity contribution >= 4 is 28.5 Å². The lowest BCUT2D eigenvalue weighted by molar-refractivity contribution is -0.138. The van der Waals surface area contributed by atoms with Crippen LogP contribution in [0.5, 0.6) is 5.88 Å². The maximum atomic E-state index is 13.3. The average Bonchev–Trinajstić information content (AvgIpc) is 3.28. The Morgan fingerprint density at radius 2 is 2.03 bits per heavy atom. The number of benzene rings is 1. The maximum Gasteiger partial charge on any atom is 0.405 e. The highest BCUT2D eigenvalue weighted by molar-refractivity contribution is 6.11. The fraction of sp³-hybridized carbons (Fsp3) is 0.333. The summed E-state index contributed by atoms with van der Waals surface area (Å²) in [5.41, 5.74) is 1.88. The number of ether oxygens (including phenoxy) is 1. The first kappa shape index (κ1) is 20.3. The van der Waals surface area contributed by atoms with Crippen molar-refractivity contribution in [2.75, 3.05) is 18.0 Å². The number of H-pyrrole nitrogens is 1. The first-order chi connectivity index (χ1) is 15.2. The van der Waals surface area contributed by atoms with Crippen molar-refractivity contribution in [1.82, 2.24) is 20.5 Å². The molecule has 0 unspecified atom stereocenters. The van der Waals surface area contributed by atoms with Gasteiger partial charge in [-0.1, -0.05) is 18.2 Å². The third-order valence-corrected chi connectivity index (χ3v) is 5.86. The number of alkyl halides is 3. The molecule has 0 bridgehead atoms. The van der Waals surface area contributed by atoms with E-state index < -0.39 is 30.6 Å². The second kappa shape index (κ2) is 7.21. The van der Waals surface area contributed by atoms with Crippen LogP contribution in [0.3, 0.4) is 0 Å².